The molecule has 0 radical (unpaired) electrons. The molecule has 2 heterocycles. The summed E-state index contributed by atoms with van der Waals surface area (Å²) < 4.78 is 0.527. The maximum atomic E-state index is 11.7. The maximum Gasteiger partial charge on any atom is 0.256 e. The second-order valence-electron chi connectivity index (χ2n) is 3.06. The lowest BCUT2D eigenvalue weighted by molar-refractivity contribution is 0.0651. The van der Waals surface area contributed by atoms with Crippen molar-refractivity contribution in [2.75, 3.05) is 13.1 Å². The maximum absolute atomic E-state index is 11.7. The van der Waals surface area contributed by atoms with Crippen LogP contribution in [0.1, 0.15) is 16.8 Å². The topological polar surface area (TPSA) is 36.1 Å². The molecule has 1 aliphatic rings. The van der Waals surface area contributed by atoms with Crippen LogP contribution in [0.25, 0.3) is 0 Å². The number of aromatic amines is 1. The molecule has 1 N–H and O–H groups in total. The molecule has 0 aliphatic carbocycles. The van der Waals surface area contributed by atoms with Gasteiger partial charge in [-0.3, -0.25) is 4.79 Å². The minimum absolute atomic E-state index is 0.0492. The normalized spacial score (nSPS) is 15.2. The molecule has 0 spiro atoms. The summed E-state index contributed by atoms with van der Waals surface area (Å²) in [6.07, 6.45) is 2.84. The Hall–Kier alpha value is -1.16. The highest BCUT2D eigenvalue weighted by atomic mass is 32.1. The van der Waals surface area contributed by atoms with Crippen LogP contribution < -0.4 is 0 Å². The molecule has 0 atom stereocenters. The summed E-state index contributed by atoms with van der Waals surface area (Å²) in [5.41, 5.74) is 0.609. The number of hydrogen-bond donors (Lipinski definition) is 1. The molecule has 1 saturated heterocycles. The third kappa shape index (κ3) is 1.49. The van der Waals surface area contributed by atoms with E-state index < -0.39 is 0 Å². The Morgan fingerprint density at radius 3 is 2.85 bits per heavy atom. The largest absolute Gasteiger partial charge is 0.352 e. The summed E-state index contributed by atoms with van der Waals surface area (Å²) in [4.78, 5) is 16.3. The van der Waals surface area contributed by atoms with Gasteiger partial charge in [0.15, 0.2) is 0 Å². The van der Waals surface area contributed by atoms with Gasteiger partial charge in [-0.15, -0.1) is 0 Å². The van der Waals surface area contributed by atoms with Crippen molar-refractivity contribution < 1.29 is 4.79 Å². The zero-order chi connectivity index (χ0) is 9.26. The SMILES string of the molecule is O=C(c1ccc[nH]c1=S)N1CCC1. The summed E-state index contributed by atoms with van der Waals surface area (Å²) in [6, 6.07) is 3.56. The Morgan fingerprint density at radius 2 is 2.31 bits per heavy atom. The van der Waals surface area contributed by atoms with Crippen molar-refractivity contribution in [3.8, 4) is 0 Å². The molecule has 1 fully saturated rings. The molecule has 68 valence electrons. The van der Waals surface area contributed by atoms with Crippen molar-refractivity contribution in [2.24, 2.45) is 0 Å². The van der Waals surface area contributed by atoms with E-state index in [0.717, 1.165) is 19.5 Å². The van der Waals surface area contributed by atoms with Gasteiger partial charge in [0.2, 0.25) is 0 Å². The van der Waals surface area contributed by atoms with Crippen LogP contribution >= 0.6 is 12.2 Å². The highest BCUT2D eigenvalue weighted by Crippen LogP contribution is 2.12. The highest BCUT2D eigenvalue weighted by molar-refractivity contribution is 7.71. The number of pyridine rings is 1. The van der Waals surface area contributed by atoms with Gasteiger partial charge in [-0.2, -0.15) is 0 Å². The van der Waals surface area contributed by atoms with Crippen LogP contribution in [0.5, 0.6) is 0 Å². The summed E-state index contributed by atoms with van der Waals surface area (Å²) in [7, 11) is 0. The van der Waals surface area contributed by atoms with E-state index in [-0.39, 0.29) is 5.91 Å². The molecule has 1 aliphatic heterocycles. The van der Waals surface area contributed by atoms with Crippen LogP contribution in [0.15, 0.2) is 18.3 Å². The Bertz CT molecular complexity index is 381. The van der Waals surface area contributed by atoms with Gasteiger partial charge in [0, 0.05) is 19.3 Å². The van der Waals surface area contributed by atoms with Gasteiger partial charge in [-0.1, -0.05) is 12.2 Å². The van der Waals surface area contributed by atoms with Crippen molar-refractivity contribution in [2.45, 2.75) is 6.42 Å². The Kier molecular flexibility index (Phi) is 2.14. The average molecular weight is 194 g/mol. The summed E-state index contributed by atoms with van der Waals surface area (Å²) in [5.74, 6) is 0.0492. The van der Waals surface area contributed by atoms with Gasteiger partial charge in [0.1, 0.15) is 4.64 Å². The first-order valence-corrected chi connectivity index (χ1v) is 4.67. The van der Waals surface area contributed by atoms with E-state index in [4.69, 9.17) is 12.2 Å². The molecule has 4 heteroatoms. The smallest absolute Gasteiger partial charge is 0.256 e. The van der Waals surface area contributed by atoms with Gasteiger partial charge in [-0.25, -0.2) is 0 Å². The molecule has 1 amide bonds. The van der Waals surface area contributed by atoms with Crippen LogP contribution in [-0.2, 0) is 0 Å². The van der Waals surface area contributed by atoms with Crippen molar-refractivity contribution in [1.29, 1.82) is 0 Å². The predicted molar refractivity (Wildman–Crippen MR) is 52.1 cm³/mol. The number of likely N-dealkylation sites (tertiary alicyclic amines) is 1. The van der Waals surface area contributed by atoms with Crippen LogP contribution in [0.2, 0.25) is 0 Å². The lowest BCUT2D eigenvalue weighted by Gasteiger charge is -2.30. The number of carbonyl (C=O) groups excluding carboxylic acids is 1. The number of rotatable bonds is 1. The molecule has 0 unspecified atom stereocenters. The third-order valence-corrected chi connectivity index (χ3v) is 2.53. The number of amides is 1. The number of carbonyl (C=O) groups is 1. The zero-order valence-electron chi connectivity index (χ0n) is 7.12. The highest BCUT2D eigenvalue weighted by Gasteiger charge is 2.22. The molecule has 1 aromatic heterocycles. The summed E-state index contributed by atoms with van der Waals surface area (Å²) >= 11 is 5.02. The first-order chi connectivity index (χ1) is 6.29. The van der Waals surface area contributed by atoms with E-state index in [9.17, 15) is 4.79 Å². The molecule has 0 bridgehead atoms. The Labute approximate surface area is 81.4 Å². The van der Waals surface area contributed by atoms with Crippen molar-refractivity contribution in [1.82, 2.24) is 9.88 Å². The van der Waals surface area contributed by atoms with Gasteiger partial charge in [0.05, 0.1) is 5.56 Å². The van der Waals surface area contributed by atoms with E-state index in [2.05, 4.69) is 4.98 Å². The molecule has 3 nitrogen and oxygen atoms in total. The summed E-state index contributed by atoms with van der Waals surface area (Å²) in [5, 5.41) is 0. The fourth-order valence-corrected chi connectivity index (χ4v) is 1.50. The van der Waals surface area contributed by atoms with Crippen molar-refractivity contribution in [3.05, 3.63) is 28.5 Å². The molecule has 2 rings (SSSR count). The van der Waals surface area contributed by atoms with E-state index in [1.165, 1.54) is 0 Å². The molecule has 0 aromatic carbocycles. The average Bonchev–Trinajstić information content (AvgIpc) is 2.01. The van der Waals surface area contributed by atoms with Crippen molar-refractivity contribution in [3.63, 3.8) is 0 Å². The fourth-order valence-electron chi connectivity index (χ4n) is 1.28. The number of aromatic nitrogens is 1. The Balaban J connectivity index is 2.29. The monoisotopic (exact) mass is 194 g/mol. The lowest BCUT2D eigenvalue weighted by Crippen LogP contribution is -2.42. The predicted octanol–water partition coefficient (Wildman–Crippen LogP) is 1.59. The summed E-state index contributed by atoms with van der Waals surface area (Å²) in [6.45, 7) is 1.73. The van der Waals surface area contributed by atoms with Crippen LogP contribution in [0.4, 0.5) is 0 Å². The van der Waals surface area contributed by atoms with E-state index in [0.29, 0.717) is 10.2 Å². The molecular formula is C9H10N2OS. The second kappa shape index (κ2) is 3.30. The molecular weight excluding hydrogens is 184 g/mol. The van der Waals surface area contributed by atoms with Crippen LogP contribution in [0, 0.1) is 4.64 Å². The number of hydrogen-bond acceptors (Lipinski definition) is 2. The number of nitrogens with one attached hydrogen (secondary N) is 1. The van der Waals surface area contributed by atoms with Gasteiger partial charge in [-0.05, 0) is 18.6 Å². The minimum Gasteiger partial charge on any atom is -0.352 e. The zero-order valence-corrected chi connectivity index (χ0v) is 7.93. The molecule has 0 saturated carbocycles. The standard InChI is InChI=1S/C9H10N2OS/c12-9(11-5-2-6-11)7-3-1-4-10-8(7)13/h1,3-4H,2,5-6H2,(H,10,13). The van der Waals surface area contributed by atoms with E-state index in [1.807, 2.05) is 0 Å². The quantitative estimate of drug-likeness (QED) is 0.689. The van der Waals surface area contributed by atoms with E-state index >= 15 is 0 Å². The molecule has 1 aromatic rings. The van der Waals surface area contributed by atoms with Crippen LogP contribution in [0.3, 0.4) is 0 Å². The van der Waals surface area contributed by atoms with Crippen LogP contribution in [-0.4, -0.2) is 28.9 Å². The van der Waals surface area contributed by atoms with E-state index in [1.54, 1.807) is 23.2 Å². The van der Waals surface area contributed by atoms with Gasteiger partial charge >= 0.3 is 0 Å². The second-order valence-corrected chi connectivity index (χ2v) is 3.47. The first kappa shape index (κ1) is 8.44. The fraction of sp³-hybridized carbons (Fsp3) is 0.333. The first-order valence-electron chi connectivity index (χ1n) is 4.26. The number of H-pyrrole nitrogens is 1. The van der Waals surface area contributed by atoms with Crippen molar-refractivity contribution >= 4 is 18.1 Å². The van der Waals surface area contributed by atoms with Gasteiger partial charge in [0.25, 0.3) is 5.91 Å². The Morgan fingerprint density at radius 1 is 1.54 bits per heavy atom. The molecule has 13 heavy (non-hydrogen) atoms. The lowest BCUT2D eigenvalue weighted by atomic mass is 10.1. The minimum atomic E-state index is 0.0492. The van der Waals surface area contributed by atoms with Gasteiger partial charge < -0.3 is 9.88 Å². The number of nitrogens with zero attached hydrogens (tertiary/aromatic N) is 1. The third-order valence-electron chi connectivity index (χ3n) is 2.19.